The van der Waals surface area contributed by atoms with Crippen LogP contribution in [0.2, 0.25) is 0 Å². The Kier molecular flexibility index (Phi) is 6.60. The molecule has 32 heavy (non-hydrogen) atoms. The van der Waals surface area contributed by atoms with Crippen molar-refractivity contribution in [2.75, 3.05) is 19.5 Å². The molecule has 0 saturated carbocycles. The zero-order valence-corrected chi connectivity index (χ0v) is 20.0. The number of benzene rings is 2. The summed E-state index contributed by atoms with van der Waals surface area (Å²) in [6.07, 6.45) is 0. The number of carbonyl (C=O) groups excluding carboxylic acids is 2. The average molecular weight is 453 g/mol. The Labute approximate surface area is 192 Å². The first-order chi connectivity index (χ1) is 15.0. The SMILES string of the molecule is COc1cc(OC)cc(C(=O)Nc2sc(C)c(-c3ccc(C(C)(C)C)cc3)c2C(N)=O)c1. The van der Waals surface area contributed by atoms with Gasteiger partial charge in [-0.25, -0.2) is 0 Å². The molecule has 3 aromatic rings. The van der Waals surface area contributed by atoms with E-state index in [0.717, 1.165) is 16.0 Å². The molecule has 0 aliphatic rings. The number of thiophene rings is 1. The summed E-state index contributed by atoms with van der Waals surface area (Å²) in [5.41, 5.74) is 9.22. The van der Waals surface area contributed by atoms with Gasteiger partial charge >= 0.3 is 0 Å². The molecule has 0 bridgehead atoms. The van der Waals surface area contributed by atoms with Crippen LogP contribution >= 0.6 is 11.3 Å². The van der Waals surface area contributed by atoms with Crippen molar-refractivity contribution < 1.29 is 19.1 Å². The second-order valence-electron chi connectivity index (χ2n) is 8.48. The van der Waals surface area contributed by atoms with E-state index in [1.165, 1.54) is 31.1 Å². The predicted octanol–water partition coefficient (Wildman–Crippen LogP) is 5.39. The van der Waals surface area contributed by atoms with Crippen LogP contribution in [0.25, 0.3) is 11.1 Å². The van der Waals surface area contributed by atoms with E-state index in [2.05, 4.69) is 38.2 Å². The van der Waals surface area contributed by atoms with Crippen LogP contribution in [0.4, 0.5) is 5.00 Å². The van der Waals surface area contributed by atoms with E-state index < -0.39 is 5.91 Å². The maximum absolute atomic E-state index is 13.0. The number of primary amides is 1. The Balaban J connectivity index is 2.01. The monoisotopic (exact) mass is 452 g/mol. The van der Waals surface area contributed by atoms with Crippen molar-refractivity contribution >= 4 is 28.2 Å². The first-order valence-electron chi connectivity index (χ1n) is 10.1. The van der Waals surface area contributed by atoms with Crippen molar-refractivity contribution in [2.24, 2.45) is 5.73 Å². The number of amides is 2. The normalized spacial score (nSPS) is 11.2. The lowest BCUT2D eigenvalue weighted by Gasteiger charge is -2.19. The van der Waals surface area contributed by atoms with Gasteiger partial charge in [0.25, 0.3) is 11.8 Å². The van der Waals surface area contributed by atoms with E-state index in [9.17, 15) is 9.59 Å². The number of carbonyl (C=O) groups is 2. The number of hydrogen-bond donors (Lipinski definition) is 2. The molecule has 1 aromatic heterocycles. The minimum atomic E-state index is -0.595. The van der Waals surface area contributed by atoms with Gasteiger partial charge in [-0.3, -0.25) is 9.59 Å². The molecule has 0 fully saturated rings. The van der Waals surface area contributed by atoms with E-state index in [0.29, 0.717) is 27.6 Å². The fourth-order valence-corrected chi connectivity index (χ4v) is 4.54. The Morgan fingerprint density at radius 2 is 1.53 bits per heavy atom. The number of ether oxygens (including phenoxy) is 2. The molecule has 0 saturated heterocycles. The van der Waals surface area contributed by atoms with E-state index >= 15 is 0 Å². The predicted molar refractivity (Wildman–Crippen MR) is 129 cm³/mol. The van der Waals surface area contributed by atoms with Crippen molar-refractivity contribution in [3.8, 4) is 22.6 Å². The lowest BCUT2D eigenvalue weighted by molar-refractivity contribution is 0.100. The third-order valence-electron chi connectivity index (χ3n) is 5.21. The summed E-state index contributed by atoms with van der Waals surface area (Å²) < 4.78 is 10.5. The van der Waals surface area contributed by atoms with Gasteiger partial charge in [0.05, 0.1) is 19.8 Å². The third-order valence-corrected chi connectivity index (χ3v) is 6.23. The van der Waals surface area contributed by atoms with Crippen molar-refractivity contribution in [1.29, 1.82) is 0 Å². The molecule has 0 spiro atoms. The highest BCUT2D eigenvalue weighted by atomic mass is 32.1. The van der Waals surface area contributed by atoms with Gasteiger partial charge in [-0.15, -0.1) is 11.3 Å². The van der Waals surface area contributed by atoms with Crippen LogP contribution in [0.5, 0.6) is 11.5 Å². The molecule has 7 heteroatoms. The summed E-state index contributed by atoms with van der Waals surface area (Å²) in [4.78, 5) is 26.3. The van der Waals surface area contributed by atoms with Crippen LogP contribution in [0.15, 0.2) is 42.5 Å². The van der Waals surface area contributed by atoms with Gasteiger partial charge in [0.15, 0.2) is 0 Å². The Hall–Kier alpha value is -3.32. The van der Waals surface area contributed by atoms with Crippen molar-refractivity contribution in [1.82, 2.24) is 0 Å². The molecular weight excluding hydrogens is 424 g/mol. The Morgan fingerprint density at radius 3 is 2.00 bits per heavy atom. The molecule has 0 aliphatic carbocycles. The molecule has 0 unspecified atom stereocenters. The summed E-state index contributed by atoms with van der Waals surface area (Å²) in [7, 11) is 3.03. The van der Waals surface area contributed by atoms with Crippen LogP contribution in [0, 0.1) is 6.92 Å². The fraction of sp³-hybridized carbons (Fsp3) is 0.280. The standard InChI is InChI=1S/C25H28N2O4S/c1-14-20(15-7-9-17(10-8-15)25(2,3)4)21(22(26)28)24(32-14)27-23(29)16-11-18(30-5)13-19(12-16)31-6/h7-13H,1-6H3,(H2,26,28)(H,27,29). The molecule has 2 aromatic carbocycles. The number of methoxy groups -OCH3 is 2. The Bertz CT molecular complexity index is 1140. The largest absolute Gasteiger partial charge is 0.497 e. The van der Waals surface area contributed by atoms with Gasteiger partial charge in [-0.05, 0) is 35.6 Å². The van der Waals surface area contributed by atoms with E-state index in [1.54, 1.807) is 18.2 Å². The van der Waals surface area contributed by atoms with Gasteiger partial charge in [0.1, 0.15) is 16.5 Å². The number of nitrogens with two attached hydrogens (primary N) is 1. The first-order valence-corrected chi connectivity index (χ1v) is 10.9. The lowest BCUT2D eigenvalue weighted by atomic mass is 9.86. The van der Waals surface area contributed by atoms with Gasteiger partial charge in [-0.2, -0.15) is 0 Å². The first kappa shape index (κ1) is 23.3. The average Bonchev–Trinajstić information content (AvgIpc) is 3.08. The van der Waals surface area contributed by atoms with Crippen molar-refractivity contribution in [2.45, 2.75) is 33.1 Å². The second kappa shape index (κ2) is 9.04. The molecule has 1 heterocycles. The summed E-state index contributed by atoms with van der Waals surface area (Å²) in [5.74, 6) is 0.00146. The molecule has 168 valence electrons. The fourth-order valence-electron chi connectivity index (χ4n) is 3.47. The lowest BCUT2D eigenvalue weighted by Crippen LogP contribution is -2.17. The zero-order valence-electron chi connectivity index (χ0n) is 19.2. The van der Waals surface area contributed by atoms with E-state index in [4.69, 9.17) is 15.2 Å². The number of rotatable bonds is 6. The smallest absolute Gasteiger partial charge is 0.256 e. The second-order valence-corrected chi connectivity index (χ2v) is 9.71. The van der Waals surface area contributed by atoms with E-state index in [-0.39, 0.29) is 11.3 Å². The molecule has 0 atom stereocenters. The van der Waals surface area contributed by atoms with Gasteiger partial charge in [0, 0.05) is 22.1 Å². The van der Waals surface area contributed by atoms with Crippen molar-refractivity contribution in [3.63, 3.8) is 0 Å². The van der Waals surface area contributed by atoms with Gasteiger partial charge in [0.2, 0.25) is 0 Å². The Morgan fingerprint density at radius 1 is 0.969 bits per heavy atom. The maximum atomic E-state index is 13.0. The molecule has 3 N–H and O–H groups in total. The van der Waals surface area contributed by atoms with Crippen molar-refractivity contribution in [3.05, 3.63) is 64.0 Å². The highest BCUT2D eigenvalue weighted by Crippen LogP contribution is 2.40. The number of hydrogen-bond acceptors (Lipinski definition) is 5. The third kappa shape index (κ3) is 4.78. The minimum Gasteiger partial charge on any atom is -0.497 e. The highest BCUT2D eigenvalue weighted by Gasteiger charge is 2.24. The maximum Gasteiger partial charge on any atom is 0.256 e. The highest BCUT2D eigenvalue weighted by molar-refractivity contribution is 7.17. The molecule has 6 nitrogen and oxygen atoms in total. The number of nitrogens with one attached hydrogen (secondary N) is 1. The molecule has 0 aliphatic heterocycles. The minimum absolute atomic E-state index is 0.0195. The van der Waals surface area contributed by atoms with Crippen LogP contribution in [0.3, 0.4) is 0 Å². The molecule has 3 rings (SSSR count). The van der Waals surface area contributed by atoms with Gasteiger partial charge in [-0.1, -0.05) is 45.0 Å². The van der Waals surface area contributed by atoms with Crippen LogP contribution in [0.1, 0.15) is 51.9 Å². The molecule has 2 amide bonds. The van der Waals surface area contributed by atoms with Crippen LogP contribution < -0.4 is 20.5 Å². The number of aryl methyl sites for hydroxylation is 1. The molecular formula is C25H28N2O4S. The van der Waals surface area contributed by atoms with Crippen LogP contribution in [-0.4, -0.2) is 26.0 Å². The topological polar surface area (TPSA) is 90.7 Å². The summed E-state index contributed by atoms with van der Waals surface area (Å²) in [5, 5.41) is 3.26. The van der Waals surface area contributed by atoms with Crippen LogP contribution in [-0.2, 0) is 5.41 Å². The quantitative estimate of drug-likeness (QED) is 0.525. The number of anilines is 1. The summed E-state index contributed by atoms with van der Waals surface area (Å²) in [6.45, 7) is 8.35. The van der Waals surface area contributed by atoms with E-state index in [1.807, 2.05) is 19.1 Å². The van der Waals surface area contributed by atoms with Gasteiger partial charge < -0.3 is 20.5 Å². The molecule has 0 radical (unpaired) electrons. The summed E-state index contributed by atoms with van der Waals surface area (Å²) >= 11 is 1.32. The summed E-state index contributed by atoms with van der Waals surface area (Å²) in [6, 6.07) is 13.0. The zero-order chi connectivity index (χ0) is 23.6.